The van der Waals surface area contributed by atoms with Crippen LogP contribution in [0.2, 0.25) is 0 Å². The number of fused-ring (bicyclic) bond motifs is 1. The van der Waals surface area contributed by atoms with Crippen molar-refractivity contribution >= 4 is 11.6 Å². The summed E-state index contributed by atoms with van der Waals surface area (Å²) in [6.45, 7) is 7.92. The van der Waals surface area contributed by atoms with E-state index in [1.54, 1.807) is 13.8 Å². The maximum absolute atomic E-state index is 12.7. The van der Waals surface area contributed by atoms with E-state index in [0.29, 0.717) is 13.1 Å². The maximum Gasteiger partial charge on any atom is 0.406 e. The fourth-order valence-corrected chi connectivity index (χ4v) is 3.11. The van der Waals surface area contributed by atoms with E-state index < -0.39 is 30.3 Å². The lowest BCUT2D eigenvalue weighted by Gasteiger charge is -2.39. The molecule has 2 aliphatic rings. The molecule has 7 heteroatoms. The summed E-state index contributed by atoms with van der Waals surface area (Å²) in [5.74, 6) is -0.418. The zero-order chi connectivity index (χ0) is 15.3. The van der Waals surface area contributed by atoms with Crippen molar-refractivity contribution in [1.29, 1.82) is 0 Å². The summed E-state index contributed by atoms with van der Waals surface area (Å²) in [6.07, 6.45) is -4.37. The first kappa shape index (κ1) is 17.9. The van der Waals surface area contributed by atoms with E-state index in [9.17, 15) is 18.0 Å². The van der Waals surface area contributed by atoms with Gasteiger partial charge in [-0.2, -0.15) is 13.2 Å². The molecule has 2 rings (SSSR count). The van der Waals surface area contributed by atoms with Crippen molar-refractivity contribution in [3.8, 4) is 0 Å². The quantitative estimate of drug-likeness (QED) is 0.692. The third-order valence-electron chi connectivity index (χ3n) is 4.26. The first-order chi connectivity index (χ1) is 9.04. The summed E-state index contributed by atoms with van der Waals surface area (Å²) in [5.41, 5.74) is 0.204. The topological polar surface area (TPSA) is 26.6 Å². The van der Waals surface area contributed by atoms with Gasteiger partial charge in [-0.05, 0) is 13.8 Å². The van der Waals surface area contributed by atoms with Crippen molar-refractivity contribution in [2.75, 3.05) is 26.2 Å². The normalized spacial score (nSPS) is 25.7. The molecule has 0 saturated carbocycles. The molecule has 0 aliphatic carbocycles. The Labute approximate surface area is 124 Å². The standard InChI is InChI=1S/C13H21F3N3O.CH4/c1-9(2)17-5-6-18-10(7-17)11(20)19(12(18,3)4)8-13(14,15)16;/h10H,5-8H2,1-4H3;1H4/q+1;/t10-;/m0./s1. The lowest BCUT2D eigenvalue weighted by Crippen LogP contribution is -2.56. The Morgan fingerprint density at radius 2 is 1.95 bits per heavy atom. The number of hydrogen-bond donors (Lipinski definition) is 0. The van der Waals surface area contributed by atoms with Gasteiger partial charge in [0.25, 0.3) is 0 Å². The molecule has 2 saturated heterocycles. The van der Waals surface area contributed by atoms with Gasteiger partial charge in [0.1, 0.15) is 12.3 Å². The van der Waals surface area contributed by atoms with Crippen LogP contribution in [0.1, 0.15) is 35.1 Å². The van der Waals surface area contributed by atoms with Gasteiger partial charge in [-0.1, -0.05) is 7.43 Å². The second-order valence-corrected chi connectivity index (χ2v) is 6.14. The minimum absolute atomic E-state index is 0. The van der Waals surface area contributed by atoms with Crippen molar-refractivity contribution in [1.82, 2.24) is 9.80 Å². The SMILES string of the molecule is C.CC(C)=[N+]1CCN2[C@@H](C1)C(=O)N(CC(F)(F)F)C2(C)C. The van der Waals surface area contributed by atoms with Crippen LogP contribution in [0.25, 0.3) is 0 Å². The number of carbonyl (C=O) groups excluding carboxylic acids is 1. The molecule has 1 amide bonds. The Balaban J connectivity index is 0.00000220. The Hall–Kier alpha value is -1.11. The van der Waals surface area contributed by atoms with Crippen molar-refractivity contribution in [3.63, 3.8) is 0 Å². The van der Waals surface area contributed by atoms with Gasteiger partial charge in [-0.15, -0.1) is 0 Å². The summed E-state index contributed by atoms with van der Waals surface area (Å²) in [5, 5.41) is 0. The van der Waals surface area contributed by atoms with E-state index in [2.05, 4.69) is 4.58 Å². The van der Waals surface area contributed by atoms with E-state index >= 15 is 0 Å². The van der Waals surface area contributed by atoms with Gasteiger partial charge in [0.15, 0.2) is 19.1 Å². The number of hydrogen-bond acceptors (Lipinski definition) is 2. The minimum atomic E-state index is -4.37. The van der Waals surface area contributed by atoms with Crippen LogP contribution in [0.5, 0.6) is 0 Å². The van der Waals surface area contributed by atoms with Crippen LogP contribution >= 0.6 is 0 Å². The smallest absolute Gasteiger partial charge is 0.314 e. The van der Waals surface area contributed by atoms with Gasteiger partial charge >= 0.3 is 6.18 Å². The van der Waals surface area contributed by atoms with Crippen LogP contribution in [-0.2, 0) is 4.79 Å². The van der Waals surface area contributed by atoms with Crippen LogP contribution in [-0.4, -0.2) is 70.1 Å². The highest BCUT2D eigenvalue weighted by atomic mass is 19.4. The van der Waals surface area contributed by atoms with Crippen LogP contribution in [0, 0.1) is 0 Å². The van der Waals surface area contributed by atoms with E-state index in [-0.39, 0.29) is 7.43 Å². The molecule has 4 nitrogen and oxygen atoms in total. The zero-order valence-corrected chi connectivity index (χ0v) is 12.3. The van der Waals surface area contributed by atoms with Crippen molar-refractivity contribution in [3.05, 3.63) is 0 Å². The van der Waals surface area contributed by atoms with Crippen LogP contribution < -0.4 is 0 Å². The molecule has 1 atom stereocenters. The number of amides is 1. The van der Waals surface area contributed by atoms with Crippen molar-refractivity contribution in [2.24, 2.45) is 0 Å². The summed E-state index contributed by atoms with van der Waals surface area (Å²) in [4.78, 5) is 15.2. The van der Waals surface area contributed by atoms with Gasteiger partial charge in [0.2, 0.25) is 5.91 Å². The second-order valence-electron chi connectivity index (χ2n) is 6.14. The van der Waals surface area contributed by atoms with E-state index in [4.69, 9.17) is 0 Å². The maximum atomic E-state index is 12.7. The molecule has 0 N–H and O–H groups in total. The third-order valence-corrected chi connectivity index (χ3v) is 4.26. The Morgan fingerprint density at radius 3 is 2.43 bits per heavy atom. The average Bonchev–Trinajstić information content (AvgIpc) is 2.49. The zero-order valence-electron chi connectivity index (χ0n) is 12.3. The number of rotatable bonds is 1. The van der Waals surface area contributed by atoms with E-state index in [1.807, 2.05) is 18.7 Å². The van der Waals surface area contributed by atoms with Gasteiger partial charge in [-0.25, -0.2) is 4.58 Å². The fourth-order valence-electron chi connectivity index (χ4n) is 3.11. The van der Waals surface area contributed by atoms with Crippen LogP contribution in [0.15, 0.2) is 0 Å². The number of halogens is 3. The van der Waals surface area contributed by atoms with Crippen LogP contribution in [0.3, 0.4) is 0 Å². The summed E-state index contributed by atoms with van der Waals surface area (Å²) < 4.78 is 40.1. The molecule has 0 aromatic rings. The number of carbonyl (C=O) groups is 1. The first-order valence-corrected chi connectivity index (χ1v) is 6.74. The highest BCUT2D eigenvalue weighted by molar-refractivity contribution is 5.85. The monoisotopic (exact) mass is 308 g/mol. The molecule has 2 fully saturated rings. The molecule has 0 aromatic carbocycles. The molecule has 122 valence electrons. The predicted octanol–water partition coefficient (Wildman–Crippen LogP) is 1.94. The molecule has 0 unspecified atom stereocenters. The van der Waals surface area contributed by atoms with Crippen LogP contribution in [0.4, 0.5) is 13.2 Å². The second kappa shape index (κ2) is 5.59. The molecule has 0 spiro atoms. The van der Waals surface area contributed by atoms with Crippen molar-refractivity contribution in [2.45, 2.75) is 53.0 Å². The average molecular weight is 308 g/mol. The lowest BCUT2D eigenvalue weighted by atomic mass is 10.1. The molecule has 0 radical (unpaired) electrons. The highest BCUT2D eigenvalue weighted by Crippen LogP contribution is 2.35. The van der Waals surface area contributed by atoms with Gasteiger partial charge in [0, 0.05) is 13.8 Å². The van der Waals surface area contributed by atoms with Gasteiger partial charge in [0.05, 0.1) is 12.2 Å². The first-order valence-electron chi connectivity index (χ1n) is 6.74. The number of nitrogens with zero attached hydrogens (tertiary/aromatic N) is 3. The predicted molar refractivity (Wildman–Crippen MR) is 75.4 cm³/mol. The molecule has 0 aromatic heterocycles. The molecule has 2 heterocycles. The largest absolute Gasteiger partial charge is 0.406 e. The van der Waals surface area contributed by atoms with Gasteiger partial charge in [-0.3, -0.25) is 9.69 Å². The number of piperazine rings is 1. The molecule has 0 bridgehead atoms. The summed E-state index contributed by atoms with van der Waals surface area (Å²) >= 11 is 0. The highest BCUT2D eigenvalue weighted by Gasteiger charge is 2.56. The van der Waals surface area contributed by atoms with E-state index in [1.165, 1.54) is 0 Å². The number of alkyl halides is 3. The Bertz CT molecular complexity index is 453. The molecule has 21 heavy (non-hydrogen) atoms. The van der Waals surface area contributed by atoms with E-state index in [0.717, 1.165) is 17.2 Å². The molecular weight excluding hydrogens is 283 g/mol. The fraction of sp³-hybridized carbons (Fsp3) is 0.857. The third kappa shape index (κ3) is 3.22. The summed E-state index contributed by atoms with van der Waals surface area (Å²) in [7, 11) is 0. The lowest BCUT2D eigenvalue weighted by molar-refractivity contribution is -0.546. The molecular formula is C14H25F3N3O+. The summed E-state index contributed by atoms with van der Waals surface area (Å²) in [6, 6.07) is -0.476. The minimum Gasteiger partial charge on any atom is -0.314 e. The van der Waals surface area contributed by atoms with Gasteiger partial charge < -0.3 is 4.90 Å². The molecule has 2 aliphatic heterocycles. The Kier molecular flexibility index (Phi) is 4.77. The van der Waals surface area contributed by atoms with Crippen molar-refractivity contribution < 1.29 is 22.5 Å². The Morgan fingerprint density at radius 1 is 1.38 bits per heavy atom.